The van der Waals surface area contributed by atoms with Gasteiger partial charge in [-0.3, -0.25) is 4.79 Å². The van der Waals surface area contributed by atoms with Crippen LogP contribution in [0.25, 0.3) is 6.08 Å². The van der Waals surface area contributed by atoms with E-state index in [9.17, 15) is 4.79 Å². The van der Waals surface area contributed by atoms with E-state index in [4.69, 9.17) is 13.9 Å². The molecule has 5 nitrogen and oxygen atoms in total. The SMILES string of the molecule is COc1cc(C)c(NC(=O)C=Cc2ccc(Br)o2)cc1OC. The first-order valence-electron chi connectivity index (χ1n) is 6.50. The number of rotatable bonds is 5. The van der Waals surface area contributed by atoms with Gasteiger partial charge in [0.15, 0.2) is 16.2 Å². The highest BCUT2D eigenvalue weighted by Crippen LogP contribution is 2.32. The van der Waals surface area contributed by atoms with Crippen LogP contribution < -0.4 is 14.8 Å². The maximum atomic E-state index is 12.0. The summed E-state index contributed by atoms with van der Waals surface area (Å²) in [7, 11) is 3.12. The molecule has 0 saturated heterocycles. The maximum Gasteiger partial charge on any atom is 0.248 e. The largest absolute Gasteiger partial charge is 0.493 e. The number of carbonyl (C=O) groups is 1. The molecule has 22 heavy (non-hydrogen) atoms. The molecule has 116 valence electrons. The lowest BCUT2D eigenvalue weighted by atomic mass is 10.1. The Morgan fingerprint density at radius 2 is 1.91 bits per heavy atom. The van der Waals surface area contributed by atoms with Crippen LogP contribution in [0, 0.1) is 6.92 Å². The molecule has 0 bridgehead atoms. The summed E-state index contributed by atoms with van der Waals surface area (Å²) in [6, 6.07) is 7.05. The van der Waals surface area contributed by atoms with Crippen LogP contribution in [-0.4, -0.2) is 20.1 Å². The molecular formula is C16H16BrNO4. The fourth-order valence-corrected chi connectivity index (χ4v) is 2.18. The molecule has 2 rings (SSSR count). The number of carbonyl (C=O) groups excluding carboxylic acids is 1. The minimum Gasteiger partial charge on any atom is -0.493 e. The predicted octanol–water partition coefficient (Wildman–Crippen LogP) is 4.02. The first-order chi connectivity index (χ1) is 10.5. The Balaban J connectivity index is 2.12. The number of aryl methyl sites for hydroxylation is 1. The summed E-state index contributed by atoms with van der Waals surface area (Å²) < 4.78 is 16.3. The van der Waals surface area contributed by atoms with Crippen LogP contribution in [0.3, 0.4) is 0 Å². The molecule has 0 atom stereocenters. The zero-order chi connectivity index (χ0) is 16.1. The highest BCUT2D eigenvalue weighted by Gasteiger charge is 2.10. The number of amides is 1. The average molecular weight is 366 g/mol. The smallest absolute Gasteiger partial charge is 0.248 e. The van der Waals surface area contributed by atoms with Crippen molar-refractivity contribution >= 4 is 33.6 Å². The van der Waals surface area contributed by atoms with E-state index in [0.717, 1.165) is 5.56 Å². The van der Waals surface area contributed by atoms with Gasteiger partial charge in [0.1, 0.15) is 5.76 Å². The van der Waals surface area contributed by atoms with Crippen molar-refractivity contribution in [2.24, 2.45) is 0 Å². The summed E-state index contributed by atoms with van der Waals surface area (Å²) in [5, 5.41) is 2.80. The van der Waals surface area contributed by atoms with E-state index in [1.54, 1.807) is 38.5 Å². The standard InChI is InChI=1S/C16H16BrNO4/c1-10-8-13(20-2)14(21-3)9-12(10)18-16(19)7-5-11-4-6-15(17)22-11/h4-9H,1-3H3,(H,18,19). The van der Waals surface area contributed by atoms with Crippen LogP contribution in [0.15, 0.2) is 39.4 Å². The van der Waals surface area contributed by atoms with Crippen molar-refractivity contribution in [2.45, 2.75) is 6.92 Å². The van der Waals surface area contributed by atoms with Crippen molar-refractivity contribution in [1.29, 1.82) is 0 Å². The third-order valence-electron chi connectivity index (χ3n) is 2.98. The third-order valence-corrected chi connectivity index (χ3v) is 3.41. The molecule has 1 aromatic heterocycles. The monoisotopic (exact) mass is 365 g/mol. The summed E-state index contributed by atoms with van der Waals surface area (Å²) in [5.74, 6) is 1.50. The van der Waals surface area contributed by atoms with Crippen LogP contribution in [0.5, 0.6) is 11.5 Å². The van der Waals surface area contributed by atoms with Gasteiger partial charge in [0, 0.05) is 17.8 Å². The van der Waals surface area contributed by atoms with Gasteiger partial charge in [-0.1, -0.05) is 0 Å². The molecule has 1 N–H and O–H groups in total. The van der Waals surface area contributed by atoms with Crippen molar-refractivity contribution in [1.82, 2.24) is 0 Å². The van der Waals surface area contributed by atoms with Gasteiger partial charge in [-0.25, -0.2) is 0 Å². The molecule has 1 amide bonds. The van der Waals surface area contributed by atoms with Gasteiger partial charge in [-0.2, -0.15) is 0 Å². The zero-order valence-electron chi connectivity index (χ0n) is 12.5. The quantitative estimate of drug-likeness (QED) is 0.812. The predicted molar refractivity (Wildman–Crippen MR) is 88.4 cm³/mol. The number of benzene rings is 1. The van der Waals surface area contributed by atoms with Crippen LogP contribution in [-0.2, 0) is 4.79 Å². The molecule has 0 spiro atoms. The van der Waals surface area contributed by atoms with Gasteiger partial charge < -0.3 is 19.2 Å². The highest BCUT2D eigenvalue weighted by atomic mass is 79.9. The Labute approximate surface area is 137 Å². The van der Waals surface area contributed by atoms with Gasteiger partial charge in [-0.15, -0.1) is 0 Å². The summed E-state index contributed by atoms with van der Waals surface area (Å²) in [6.07, 6.45) is 3.00. The van der Waals surface area contributed by atoms with Crippen molar-refractivity contribution in [3.8, 4) is 11.5 Å². The van der Waals surface area contributed by atoms with Crippen molar-refractivity contribution in [2.75, 3.05) is 19.5 Å². The second-order valence-corrected chi connectivity index (χ2v) is 5.27. The Morgan fingerprint density at radius 3 is 2.50 bits per heavy atom. The second kappa shape index (κ2) is 7.17. The molecule has 6 heteroatoms. The number of anilines is 1. The Bertz CT molecular complexity index is 706. The van der Waals surface area contributed by atoms with Crippen LogP contribution in [0.2, 0.25) is 0 Å². The van der Waals surface area contributed by atoms with Crippen molar-refractivity contribution in [3.05, 3.63) is 46.3 Å². The number of methoxy groups -OCH3 is 2. The number of furan rings is 1. The van der Waals surface area contributed by atoms with Gasteiger partial charge in [0.05, 0.1) is 14.2 Å². The molecule has 0 radical (unpaired) electrons. The number of nitrogens with one attached hydrogen (secondary N) is 1. The Morgan fingerprint density at radius 1 is 1.23 bits per heavy atom. The fourth-order valence-electron chi connectivity index (χ4n) is 1.87. The Kier molecular flexibility index (Phi) is 5.27. The van der Waals surface area contributed by atoms with E-state index in [-0.39, 0.29) is 5.91 Å². The van der Waals surface area contributed by atoms with E-state index in [1.165, 1.54) is 6.08 Å². The third kappa shape index (κ3) is 3.92. The lowest BCUT2D eigenvalue weighted by Crippen LogP contribution is -2.09. The first kappa shape index (κ1) is 16.2. The summed E-state index contributed by atoms with van der Waals surface area (Å²) in [5.41, 5.74) is 1.54. The molecule has 0 fully saturated rings. The molecule has 0 aliphatic heterocycles. The van der Waals surface area contributed by atoms with Gasteiger partial charge >= 0.3 is 0 Å². The highest BCUT2D eigenvalue weighted by molar-refractivity contribution is 9.10. The van der Waals surface area contributed by atoms with Crippen LogP contribution >= 0.6 is 15.9 Å². The number of ether oxygens (including phenoxy) is 2. The normalized spacial score (nSPS) is 10.7. The van der Waals surface area contributed by atoms with Crippen molar-refractivity contribution in [3.63, 3.8) is 0 Å². The zero-order valence-corrected chi connectivity index (χ0v) is 14.1. The van der Waals surface area contributed by atoms with Gasteiger partial charge in [-0.05, 0) is 52.7 Å². The molecule has 0 aliphatic carbocycles. The number of hydrogen-bond acceptors (Lipinski definition) is 4. The minimum atomic E-state index is -0.261. The van der Waals surface area contributed by atoms with Gasteiger partial charge in [0.2, 0.25) is 5.91 Å². The molecule has 1 heterocycles. The Hall–Kier alpha value is -2.21. The lowest BCUT2D eigenvalue weighted by Gasteiger charge is -2.12. The van der Waals surface area contributed by atoms with Gasteiger partial charge in [0.25, 0.3) is 0 Å². The summed E-state index contributed by atoms with van der Waals surface area (Å²) in [6.45, 7) is 1.88. The van der Waals surface area contributed by atoms with E-state index < -0.39 is 0 Å². The average Bonchev–Trinajstić information content (AvgIpc) is 2.92. The first-order valence-corrected chi connectivity index (χ1v) is 7.30. The molecule has 0 unspecified atom stereocenters. The van der Waals surface area contributed by atoms with E-state index in [0.29, 0.717) is 27.6 Å². The van der Waals surface area contributed by atoms with E-state index in [2.05, 4.69) is 21.2 Å². The molecule has 0 aliphatic rings. The number of hydrogen-bond donors (Lipinski definition) is 1. The maximum absolute atomic E-state index is 12.0. The summed E-state index contributed by atoms with van der Waals surface area (Å²) >= 11 is 3.21. The van der Waals surface area contributed by atoms with Crippen LogP contribution in [0.4, 0.5) is 5.69 Å². The lowest BCUT2D eigenvalue weighted by molar-refractivity contribution is -0.111. The molecule has 2 aromatic rings. The topological polar surface area (TPSA) is 60.7 Å². The minimum absolute atomic E-state index is 0.261. The molecule has 1 aromatic carbocycles. The van der Waals surface area contributed by atoms with Crippen molar-refractivity contribution < 1.29 is 18.7 Å². The fraction of sp³-hybridized carbons (Fsp3) is 0.188. The van der Waals surface area contributed by atoms with Crippen LogP contribution in [0.1, 0.15) is 11.3 Å². The van der Waals surface area contributed by atoms with E-state index >= 15 is 0 Å². The second-order valence-electron chi connectivity index (χ2n) is 4.49. The number of halogens is 1. The summed E-state index contributed by atoms with van der Waals surface area (Å²) in [4.78, 5) is 12.0. The van der Waals surface area contributed by atoms with E-state index in [1.807, 2.05) is 13.0 Å². The molecular weight excluding hydrogens is 350 g/mol. The molecule has 0 saturated carbocycles.